The van der Waals surface area contributed by atoms with Crippen LogP contribution >= 0.6 is 0 Å². The molecule has 0 spiro atoms. The maximum atomic E-state index is 3.70. The van der Waals surface area contributed by atoms with E-state index in [1.165, 1.54) is 19.3 Å². The summed E-state index contributed by atoms with van der Waals surface area (Å²) in [5, 5.41) is 0. The van der Waals surface area contributed by atoms with E-state index >= 15 is 0 Å². The Balaban J connectivity index is 3.51. The first-order chi connectivity index (χ1) is 4.85. The first-order valence-corrected chi connectivity index (χ1v) is 4.10. The van der Waals surface area contributed by atoms with Gasteiger partial charge in [-0.05, 0) is 26.2 Å². The number of rotatable bonds is 5. The van der Waals surface area contributed by atoms with E-state index < -0.39 is 0 Å². The lowest BCUT2D eigenvalue weighted by Gasteiger charge is -2.01. The van der Waals surface area contributed by atoms with E-state index in [9.17, 15) is 0 Å². The summed E-state index contributed by atoms with van der Waals surface area (Å²) in [4.78, 5) is 0. The van der Waals surface area contributed by atoms with E-state index in [0.717, 1.165) is 6.42 Å². The SMILES string of the molecule is C=CCC/C(=C\C)CCC. The molecule has 0 heteroatoms. The summed E-state index contributed by atoms with van der Waals surface area (Å²) < 4.78 is 0. The van der Waals surface area contributed by atoms with Gasteiger partial charge >= 0.3 is 0 Å². The average Bonchev–Trinajstić information content (AvgIpc) is 1.98. The van der Waals surface area contributed by atoms with Crippen LogP contribution in [-0.4, -0.2) is 0 Å². The lowest BCUT2D eigenvalue weighted by molar-refractivity contribution is 0.827. The summed E-state index contributed by atoms with van der Waals surface area (Å²) in [5.74, 6) is 0. The highest BCUT2D eigenvalue weighted by Crippen LogP contribution is 2.11. The normalized spacial score (nSPS) is 11.6. The highest BCUT2D eigenvalue weighted by atomic mass is 14.0. The Bertz CT molecular complexity index is 109. The molecule has 0 saturated heterocycles. The summed E-state index contributed by atoms with van der Waals surface area (Å²) in [6.07, 6.45) is 9.06. The van der Waals surface area contributed by atoms with Crippen LogP contribution in [0.15, 0.2) is 24.3 Å². The molecule has 0 N–H and O–H groups in total. The third kappa shape index (κ3) is 4.37. The van der Waals surface area contributed by atoms with Gasteiger partial charge in [-0.25, -0.2) is 0 Å². The molecular weight excluding hydrogens is 120 g/mol. The van der Waals surface area contributed by atoms with E-state index in [2.05, 4.69) is 26.5 Å². The standard InChI is InChI=1S/C10H18/c1-4-7-9-10(6-3)8-5-2/h4,6H,1,5,7-9H2,2-3H3/b10-6-. The lowest BCUT2D eigenvalue weighted by atomic mass is 10.1. The molecule has 0 unspecified atom stereocenters. The van der Waals surface area contributed by atoms with Crippen molar-refractivity contribution in [1.82, 2.24) is 0 Å². The topological polar surface area (TPSA) is 0 Å². The molecule has 0 aliphatic heterocycles. The van der Waals surface area contributed by atoms with E-state index in [-0.39, 0.29) is 0 Å². The Morgan fingerprint density at radius 2 is 2.10 bits per heavy atom. The molecule has 10 heavy (non-hydrogen) atoms. The summed E-state index contributed by atoms with van der Waals surface area (Å²) in [6, 6.07) is 0. The fourth-order valence-electron chi connectivity index (χ4n) is 1.02. The molecule has 0 nitrogen and oxygen atoms in total. The molecule has 0 rings (SSSR count). The molecule has 0 radical (unpaired) electrons. The largest absolute Gasteiger partial charge is 0.103 e. The van der Waals surface area contributed by atoms with Crippen molar-refractivity contribution in [2.45, 2.75) is 39.5 Å². The molecule has 0 heterocycles. The number of allylic oxidation sites excluding steroid dienone is 3. The van der Waals surface area contributed by atoms with Crippen LogP contribution in [-0.2, 0) is 0 Å². The monoisotopic (exact) mass is 138 g/mol. The van der Waals surface area contributed by atoms with Crippen molar-refractivity contribution in [3.8, 4) is 0 Å². The second-order valence-electron chi connectivity index (χ2n) is 2.52. The van der Waals surface area contributed by atoms with E-state index in [1.807, 2.05) is 6.08 Å². The summed E-state index contributed by atoms with van der Waals surface area (Å²) in [6.45, 7) is 8.04. The van der Waals surface area contributed by atoms with Crippen molar-refractivity contribution in [3.63, 3.8) is 0 Å². The van der Waals surface area contributed by atoms with E-state index in [4.69, 9.17) is 0 Å². The zero-order valence-electron chi connectivity index (χ0n) is 7.19. The van der Waals surface area contributed by atoms with Crippen molar-refractivity contribution in [3.05, 3.63) is 24.3 Å². The van der Waals surface area contributed by atoms with Crippen LogP contribution < -0.4 is 0 Å². The third-order valence-electron chi connectivity index (χ3n) is 1.65. The minimum atomic E-state index is 1.12. The van der Waals surface area contributed by atoms with E-state index in [0.29, 0.717) is 0 Å². The van der Waals surface area contributed by atoms with Gasteiger partial charge in [0.2, 0.25) is 0 Å². The van der Waals surface area contributed by atoms with Crippen molar-refractivity contribution < 1.29 is 0 Å². The molecule has 0 aliphatic rings. The number of hydrogen-bond acceptors (Lipinski definition) is 0. The molecule has 0 fully saturated rings. The van der Waals surface area contributed by atoms with Crippen LogP contribution in [0, 0.1) is 0 Å². The fraction of sp³-hybridized carbons (Fsp3) is 0.600. The highest BCUT2D eigenvalue weighted by molar-refractivity contribution is 5.00. The van der Waals surface area contributed by atoms with Crippen LogP contribution in [0.4, 0.5) is 0 Å². The first kappa shape index (κ1) is 9.48. The predicted octanol–water partition coefficient (Wildman–Crippen LogP) is 3.70. The molecule has 0 aromatic heterocycles. The van der Waals surface area contributed by atoms with Crippen LogP contribution in [0.5, 0.6) is 0 Å². The predicted molar refractivity (Wildman–Crippen MR) is 48.1 cm³/mol. The zero-order valence-corrected chi connectivity index (χ0v) is 7.19. The van der Waals surface area contributed by atoms with Gasteiger partial charge in [-0.2, -0.15) is 0 Å². The minimum Gasteiger partial charge on any atom is -0.103 e. The van der Waals surface area contributed by atoms with Crippen molar-refractivity contribution in [2.24, 2.45) is 0 Å². The van der Waals surface area contributed by atoms with Gasteiger partial charge in [0.05, 0.1) is 0 Å². The second kappa shape index (κ2) is 6.60. The molecule has 0 aromatic carbocycles. The van der Waals surface area contributed by atoms with Crippen molar-refractivity contribution >= 4 is 0 Å². The summed E-state index contributed by atoms with van der Waals surface area (Å²) in [7, 11) is 0. The van der Waals surface area contributed by atoms with Gasteiger partial charge < -0.3 is 0 Å². The van der Waals surface area contributed by atoms with Gasteiger partial charge in [0, 0.05) is 0 Å². The summed E-state index contributed by atoms with van der Waals surface area (Å²) >= 11 is 0. The maximum absolute atomic E-state index is 3.70. The Morgan fingerprint density at radius 1 is 1.40 bits per heavy atom. The van der Waals surface area contributed by atoms with Crippen LogP contribution in [0.2, 0.25) is 0 Å². The van der Waals surface area contributed by atoms with Crippen LogP contribution in [0.1, 0.15) is 39.5 Å². The second-order valence-corrected chi connectivity index (χ2v) is 2.52. The molecule has 0 saturated carbocycles. The summed E-state index contributed by atoms with van der Waals surface area (Å²) in [5.41, 5.74) is 1.57. The Labute approximate surface area is 64.6 Å². The average molecular weight is 138 g/mol. The van der Waals surface area contributed by atoms with E-state index in [1.54, 1.807) is 5.57 Å². The lowest BCUT2D eigenvalue weighted by Crippen LogP contribution is -1.81. The molecule has 58 valence electrons. The Kier molecular flexibility index (Phi) is 6.25. The van der Waals surface area contributed by atoms with Gasteiger partial charge in [0.1, 0.15) is 0 Å². The highest BCUT2D eigenvalue weighted by Gasteiger charge is 1.91. The van der Waals surface area contributed by atoms with Gasteiger partial charge in [-0.15, -0.1) is 6.58 Å². The quantitative estimate of drug-likeness (QED) is 0.508. The maximum Gasteiger partial charge on any atom is -0.0286 e. The van der Waals surface area contributed by atoms with Crippen LogP contribution in [0.3, 0.4) is 0 Å². The minimum absolute atomic E-state index is 1.12. The molecule has 0 aliphatic carbocycles. The van der Waals surface area contributed by atoms with Gasteiger partial charge in [0.15, 0.2) is 0 Å². The van der Waals surface area contributed by atoms with Crippen molar-refractivity contribution in [2.75, 3.05) is 0 Å². The Morgan fingerprint density at radius 3 is 2.50 bits per heavy atom. The number of hydrogen-bond donors (Lipinski definition) is 0. The molecular formula is C10H18. The first-order valence-electron chi connectivity index (χ1n) is 4.10. The third-order valence-corrected chi connectivity index (χ3v) is 1.65. The molecule has 0 aromatic rings. The van der Waals surface area contributed by atoms with Gasteiger partial charge in [-0.1, -0.05) is 31.1 Å². The van der Waals surface area contributed by atoms with Crippen molar-refractivity contribution in [1.29, 1.82) is 0 Å². The smallest absolute Gasteiger partial charge is 0.0286 e. The zero-order chi connectivity index (χ0) is 7.82. The van der Waals surface area contributed by atoms with Gasteiger partial charge in [-0.3, -0.25) is 0 Å². The molecule has 0 atom stereocenters. The van der Waals surface area contributed by atoms with Gasteiger partial charge in [0.25, 0.3) is 0 Å². The van der Waals surface area contributed by atoms with Crippen LogP contribution in [0.25, 0.3) is 0 Å². The fourth-order valence-corrected chi connectivity index (χ4v) is 1.02. The molecule has 0 bridgehead atoms. The molecule has 0 amide bonds. The Hall–Kier alpha value is -0.520.